The number of rotatable bonds is 7. The largest absolute Gasteiger partial charge is 0.437 e. The van der Waals surface area contributed by atoms with Crippen LogP contribution < -0.4 is 5.76 Å². The molecule has 0 spiro atoms. The number of amides is 1. The number of carbonyl (C=O) groups excluding carboxylic acids is 1. The Morgan fingerprint density at radius 3 is 2.58 bits per heavy atom. The lowest BCUT2D eigenvalue weighted by molar-refractivity contribution is -0.133. The number of aromatic nitrogens is 4. The minimum atomic E-state index is -0.780. The summed E-state index contributed by atoms with van der Waals surface area (Å²) in [5.74, 6) is -1.02. The molecule has 0 aliphatic heterocycles. The molecule has 1 saturated carbocycles. The first kappa shape index (κ1) is 21.1. The van der Waals surface area contributed by atoms with Crippen LogP contribution in [0.4, 0.5) is 4.39 Å². The second kappa shape index (κ2) is 8.62. The Bertz CT molecular complexity index is 1360. The molecule has 9 nitrogen and oxygen atoms in total. The van der Waals surface area contributed by atoms with Gasteiger partial charge in [0.15, 0.2) is 0 Å². The lowest BCUT2D eigenvalue weighted by Crippen LogP contribution is -2.37. The number of halogens is 2. The van der Waals surface area contributed by atoms with Crippen LogP contribution in [0.2, 0.25) is 5.02 Å². The monoisotopic (exact) mass is 469 g/mol. The summed E-state index contributed by atoms with van der Waals surface area (Å²) in [7, 11) is 0. The van der Waals surface area contributed by atoms with Crippen molar-refractivity contribution in [3.63, 3.8) is 0 Å². The molecule has 0 N–H and O–H groups in total. The van der Waals surface area contributed by atoms with Crippen LogP contribution in [-0.2, 0) is 17.9 Å². The Morgan fingerprint density at radius 1 is 1.09 bits per heavy atom. The first-order chi connectivity index (χ1) is 16.0. The van der Waals surface area contributed by atoms with Crippen molar-refractivity contribution in [2.45, 2.75) is 32.0 Å². The molecule has 0 atom stereocenters. The molecular weight excluding hydrogens is 453 g/mol. The van der Waals surface area contributed by atoms with Gasteiger partial charge in [0.2, 0.25) is 23.6 Å². The normalized spacial score (nSPS) is 13.3. The van der Waals surface area contributed by atoms with Gasteiger partial charge in [0.1, 0.15) is 12.4 Å². The number of benzene rings is 2. The van der Waals surface area contributed by atoms with Gasteiger partial charge in [0, 0.05) is 11.6 Å². The average molecular weight is 470 g/mol. The predicted octanol–water partition coefficient (Wildman–Crippen LogP) is 3.54. The van der Waals surface area contributed by atoms with Crippen LogP contribution in [0.5, 0.6) is 0 Å². The maximum Gasteiger partial charge on any atom is 0.437 e. The van der Waals surface area contributed by atoms with Crippen molar-refractivity contribution in [3.05, 3.63) is 75.8 Å². The second-order valence-corrected chi connectivity index (χ2v) is 7.98. The fourth-order valence-electron chi connectivity index (χ4n) is 3.35. The molecule has 5 rings (SSSR count). The molecule has 2 aromatic heterocycles. The molecule has 1 aliphatic rings. The summed E-state index contributed by atoms with van der Waals surface area (Å²) in [6.45, 7) is -0.218. The van der Waals surface area contributed by atoms with E-state index in [1.165, 1.54) is 24.3 Å². The zero-order valence-electron chi connectivity index (χ0n) is 17.1. The van der Waals surface area contributed by atoms with Gasteiger partial charge in [0.25, 0.3) is 0 Å². The summed E-state index contributed by atoms with van der Waals surface area (Å²) in [5.41, 5.74) is 1.03. The average Bonchev–Trinajstić information content (AvgIpc) is 3.43. The number of hydrogen-bond acceptors (Lipinski definition) is 7. The number of carbonyl (C=O) groups is 1. The Morgan fingerprint density at radius 2 is 1.85 bits per heavy atom. The van der Waals surface area contributed by atoms with Crippen LogP contribution in [0.1, 0.15) is 18.7 Å². The second-order valence-electron chi connectivity index (χ2n) is 7.57. The van der Waals surface area contributed by atoms with E-state index in [1.807, 2.05) is 0 Å². The molecule has 33 heavy (non-hydrogen) atoms. The van der Waals surface area contributed by atoms with Gasteiger partial charge in [0.05, 0.1) is 17.1 Å². The van der Waals surface area contributed by atoms with Gasteiger partial charge in [-0.3, -0.25) is 4.79 Å². The van der Waals surface area contributed by atoms with Crippen molar-refractivity contribution in [1.29, 1.82) is 0 Å². The Hall–Kier alpha value is -3.79. The molecule has 1 aliphatic carbocycles. The first-order valence-corrected chi connectivity index (χ1v) is 10.6. The van der Waals surface area contributed by atoms with E-state index in [2.05, 4.69) is 15.3 Å². The molecule has 4 aromatic rings. The standard InChI is InChI=1S/C22H17ClFN5O4/c23-17-4-2-1-3-16(17)21-26-25-18(32-21)11-28(15-9-10-15)19(30)12-29-22(31)33-20(27-29)13-5-7-14(24)8-6-13/h1-8,15H,9-12H2. The molecule has 0 radical (unpaired) electrons. The fourth-order valence-corrected chi connectivity index (χ4v) is 3.56. The van der Waals surface area contributed by atoms with Gasteiger partial charge in [-0.25, -0.2) is 9.18 Å². The maximum absolute atomic E-state index is 13.1. The summed E-state index contributed by atoms with van der Waals surface area (Å²) >= 11 is 6.18. The molecule has 1 fully saturated rings. The number of nitrogens with zero attached hydrogens (tertiary/aromatic N) is 5. The van der Waals surface area contributed by atoms with Crippen molar-refractivity contribution >= 4 is 17.5 Å². The summed E-state index contributed by atoms with van der Waals surface area (Å²) in [6, 6.07) is 12.4. The summed E-state index contributed by atoms with van der Waals surface area (Å²) in [4.78, 5) is 26.8. The van der Waals surface area contributed by atoms with E-state index in [0.717, 1.165) is 17.5 Å². The van der Waals surface area contributed by atoms with E-state index in [0.29, 0.717) is 16.1 Å². The van der Waals surface area contributed by atoms with Crippen LogP contribution in [0.15, 0.2) is 62.2 Å². The first-order valence-electron chi connectivity index (χ1n) is 10.2. The van der Waals surface area contributed by atoms with Gasteiger partial charge >= 0.3 is 5.76 Å². The summed E-state index contributed by atoms with van der Waals surface area (Å²) in [6.07, 6.45) is 1.68. The quantitative estimate of drug-likeness (QED) is 0.407. The van der Waals surface area contributed by atoms with Crippen LogP contribution in [0.25, 0.3) is 22.9 Å². The molecule has 2 heterocycles. The lowest BCUT2D eigenvalue weighted by atomic mass is 10.2. The topological polar surface area (TPSA) is 107 Å². The van der Waals surface area contributed by atoms with Crippen LogP contribution in [-0.4, -0.2) is 36.8 Å². The van der Waals surface area contributed by atoms with Crippen molar-refractivity contribution in [3.8, 4) is 22.9 Å². The van der Waals surface area contributed by atoms with E-state index in [4.69, 9.17) is 20.4 Å². The summed E-state index contributed by atoms with van der Waals surface area (Å²) < 4.78 is 24.9. The lowest BCUT2D eigenvalue weighted by Gasteiger charge is -2.20. The van der Waals surface area contributed by atoms with Gasteiger partial charge < -0.3 is 13.7 Å². The van der Waals surface area contributed by atoms with Crippen LogP contribution >= 0.6 is 11.6 Å². The van der Waals surface area contributed by atoms with Crippen LogP contribution in [0, 0.1) is 5.82 Å². The van der Waals surface area contributed by atoms with Gasteiger partial charge in [-0.2, -0.15) is 4.68 Å². The van der Waals surface area contributed by atoms with Gasteiger partial charge in [-0.1, -0.05) is 23.7 Å². The van der Waals surface area contributed by atoms with E-state index in [9.17, 15) is 14.0 Å². The van der Waals surface area contributed by atoms with E-state index in [1.54, 1.807) is 29.2 Å². The maximum atomic E-state index is 13.1. The molecule has 1 amide bonds. The molecule has 11 heteroatoms. The predicted molar refractivity (Wildman–Crippen MR) is 114 cm³/mol. The van der Waals surface area contributed by atoms with E-state index in [-0.39, 0.29) is 42.7 Å². The van der Waals surface area contributed by atoms with Gasteiger partial charge in [-0.05, 0) is 49.2 Å². The highest BCUT2D eigenvalue weighted by atomic mass is 35.5. The fraction of sp³-hybridized carbons (Fsp3) is 0.227. The molecule has 168 valence electrons. The van der Waals surface area contributed by atoms with E-state index >= 15 is 0 Å². The molecule has 0 unspecified atom stereocenters. The van der Waals surface area contributed by atoms with Crippen molar-refractivity contribution in [2.24, 2.45) is 0 Å². The van der Waals surface area contributed by atoms with Crippen LogP contribution in [0.3, 0.4) is 0 Å². The zero-order chi connectivity index (χ0) is 22.9. The highest BCUT2D eigenvalue weighted by Crippen LogP contribution is 2.30. The molecular formula is C22H17ClFN5O4. The third-order valence-corrected chi connectivity index (χ3v) is 5.50. The minimum Gasteiger partial charge on any atom is -0.419 e. The molecule has 0 saturated heterocycles. The zero-order valence-corrected chi connectivity index (χ0v) is 17.9. The Balaban J connectivity index is 1.32. The Labute approximate surface area is 191 Å². The van der Waals surface area contributed by atoms with E-state index < -0.39 is 11.6 Å². The van der Waals surface area contributed by atoms with Crippen molar-refractivity contribution in [2.75, 3.05) is 0 Å². The third-order valence-electron chi connectivity index (χ3n) is 5.17. The molecule has 0 bridgehead atoms. The third kappa shape index (κ3) is 4.56. The SMILES string of the molecule is O=C(Cn1nc(-c2ccc(F)cc2)oc1=O)N(Cc1nnc(-c2ccccc2Cl)o1)C1CC1. The van der Waals surface area contributed by atoms with Crippen molar-refractivity contribution < 1.29 is 18.0 Å². The highest BCUT2D eigenvalue weighted by Gasteiger charge is 2.34. The molecule has 2 aromatic carbocycles. The summed E-state index contributed by atoms with van der Waals surface area (Å²) in [5, 5.41) is 12.6. The number of hydrogen-bond donors (Lipinski definition) is 0. The Kier molecular flexibility index (Phi) is 5.51. The van der Waals surface area contributed by atoms with Crippen molar-refractivity contribution in [1.82, 2.24) is 24.9 Å². The minimum absolute atomic E-state index is 0.00653. The van der Waals surface area contributed by atoms with Gasteiger partial charge in [-0.15, -0.1) is 15.3 Å². The highest BCUT2D eigenvalue weighted by molar-refractivity contribution is 6.33. The smallest absolute Gasteiger partial charge is 0.419 e.